The van der Waals surface area contributed by atoms with Crippen LogP contribution in [0.1, 0.15) is 82.9 Å². The summed E-state index contributed by atoms with van der Waals surface area (Å²) in [5, 5.41) is 2.16. The Bertz CT molecular complexity index is 1510. The first-order valence-corrected chi connectivity index (χ1v) is 16.5. The van der Waals surface area contributed by atoms with Gasteiger partial charge in [0.2, 0.25) is 0 Å². The van der Waals surface area contributed by atoms with Crippen LogP contribution >= 0.6 is 11.3 Å². The van der Waals surface area contributed by atoms with Gasteiger partial charge in [-0.05, 0) is 94.5 Å². The van der Waals surface area contributed by atoms with E-state index in [0.717, 1.165) is 56.8 Å². The van der Waals surface area contributed by atoms with Crippen LogP contribution in [0.15, 0.2) is 48.0 Å². The number of nitrogens with zero attached hydrogens (tertiary/aromatic N) is 4. The zero-order chi connectivity index (χ0) is 29.3. The first kappa shape index (κ1) is 28.8. The second-order valence-corrected chi connectivity index (χ2v) is 13.9. The Morgan fingerprint density at radius 3 is 2.57 bits per heavy atom. The Morgan fingerprint density at radius 2 is 1.86 bits per heavy atom. The van der Waals surface area contributed by atoms with Crippen molar-refractivity contribution in [3.05, 3.63) is 59.2 Å². The number of likely N-dealkylation sites (tertiary alicyclic amines) is 1. The molecule has 4 heterocycles. The molecule has 0 radical (unpaired) electrons. The molecular formula is C34H44N4O3S. The molecule has 2 fully saturated rings. The van der Waals surface area contributed by atoms with Crippen LogP contribution in [-0.4, -0.2) is 49.9 Å². The summed E-state index contributed by atoms with van der Waals surface area (Å²) >= 11 is 1.79. The molecule has 7 nitrogen and oxygen atoms in total. The Hall–Kier alpha value is -3.26. The molecular weight excluding hydrogens is 544 g/mol. The smallest absolute Gasteiger partial charge is 0.410 e. The molecule has 1 amide bonds. The van der Waals surface area contributed by atoms with E-state index in [1.165, 1.54) is 46.4 Å². The van der Waals surface area contributed by atoms with Gasteiger partial charge in [-0.15, -0.1) is 11.3 Å². The lowest BCUT2D eigenvalue weighted by atomic mass is 9.83. The van der Waals surface area contributed by atoms with Gasteiger partial charge in [0.15, 0.2) is 5.82 Å². The predicted molar refractivity (Wildman–Crippen MR) is 169 cm³/mol. The van der Waals surface area contributed by atoms with E-state index in [2.05, 4.69) is 64.2 Å². The summed E-state index contributed by atoms with van der Waals surface area (Å²) < 4.78 is 17.9. The molecule has 4 aromatic rings. The van der Waals surface area contributed by atoms with E-state index in [-0.39, 0.29) is 12.2 Å². The SMILES string of the molecule is Cn1c(-c2nc(C3CCC3)cn2CCCc2ccc(OC3CCCN(C(=O)OC(C)(C)C)CC3)cc2)cc2sccc21. The van der Waals surface area contributed by atoms with Crippen LogP contribution in [0.25, 0.3) is 21.7 Å². The van der Waals surface area contributed by atoms with Crippen LogP contribution in [-0.2, 0) is 24.8 Å². The van der Waals surface area contributed by atoms with Crippen molar-refractivity contribution in [2.75, 3.05) is 13.1 Å². The van der Waals surface area contributed by atoms with E-state index in [4.69, 9.17) is 14.5 Å². The van der Waals surface area contributed by atoms with E-state index in [9.17, 15) is 4.79 Å². The van der Waals surface area contributed by atoms with Gasteiger partial charge in [-0.25, -0.2) is 9.78 Å². The first-order chi connectivity index (χ1) is 20.2. The third-order valence-electron chi connectivity index (χ3n) is 8.63. The number of aromatic nitrogens is 3. The topological polar surface area (TPSA) is 61.5 Å². The van der Waals surface area contributed by atoms with Crippen molar-refractivity contribution in [1.29, 1.82) is 0 Å². The number of thiophene rings is 1. The maximum absolute atomic E-state index is 12.5. The number of carbonyl (C=O) groups excluding carboxylic acids is 1. The highest BCUT2D eigenvalue weighted by Crippen LogP contribution is 2.38. The molecule has 1 unspecified atom stereocenters. The molecule has 8 heteroatoms. The van der Waals surface area contributed by atoms with Crippen LogP contribution in [0.4, 0.5) is 4.79 Å². The summed E-state index contributed by atoms with van der Waals surface area (Å²) in [7, 11) is 2.15. The van der Waals surface area contributed by atoms with Gasteiger partial charge in [0.1, 0.15) is 17.5 Å². The summed E-state index contributed by atoms with van der Waals surface area (Å²) in [6.07, 6.45) is 10.8. The number of fused-ring (bicyclic) bond motifs is 1. The second-order valence-electron chi connectivity index (χ2n) is 13.0. The number of hydrogen-bond donors (Lipinski definition) is 0. The van der Waals surface area contributed by atoms with Gasteiger partial charge in [0.25, 0.3) is 0 Å². The minimum absolute atomic E-state index is 0.112. The van der Waals surface area contributed by atoms with Crippen LogP contribution < -0.4 is 4.74 Å². The number of hydrogen-bond acceptors (Lipinski definition) is 5. The Morgan fingerprint density at radius 1 is 1.05 bits per heavy atom. The highest BCUT2D eigenvalue weighted by molar-refractivity contribution is 7.17. The van der Waals surface area contributed by atoms with E-state index in [1.807, 2.05) is 25.7 Å². The largest absolute Gasteiger partial charge is 0.490 e. The van der Waals surface area contributed by atoms with Crippen LogP contribution in [0, 0.1) is 0 Å². The average molecular weight is 589 g/mol. The molecule has 42 heavy (non-hydrogen) atoms. The van der Waals surface area contributed by atoms with Gasteiger partial charge in [-0.1, -0.05) is 18.6 Å². The van der Waals surface area contributed by atoms with Gasteiger partial charge < -0.3 is 23.5 Å². The standard InChI is InChI=1S/C34H44N4O3S/c1-34(2,3)41-33(39)37-18-7-11-26(16-20-37)40-27-14-12-24(13-15-27)8-6-19-38-23-28(25-9-5-10-25)35-32(38)30-22-31-29(36(30)4)17-21-42-31/h12-15,17,21-23,25-26H,5-11,16,18-20H2,1-4H3. The van der Waals surface area contributed by atoms with Gasteiger partial charge >= 0.3 is 6.09 Å². The molecule has 224 valence electrons. The average Bonchev–Trinajstić information content (AvgIpc) is 3.56. The number of amides is 1. The van der Waals surface area contributed by atoms with Crippen LogP contribution in [0.5, 0.6) is 5.75 Å². The van der Waals surface area contributed by atoms with Gasteiger partial charge in [0, 0.05) is 45.2 Å². The lowest BCUT2D eigenvalue weighted by Gasteiger charge is -2.26. The minimum atomic E-state index is -0.472. The highest BCUT2D eigenvalue weighted by atomic mass is 32.1. The molecule has 1 atom stereocenters. The molecule has 1 saturated heterocycles. The summed E-state index contributed by atoms with van der Waals surface area (Å²) in [6.45, 7) is 8.06. The molecule has 2 aliphatic rings. The van der Waals surface area contributed by atoms with E-state index >= 15 is 0 Å². The predicted octanol–water partition coefficient (Wildman–Crippen LogP) is 8.17. The molecule has 3 aromatic heterocycles. The Kier molecular flexibility index (Phi) is 8.35. The number of carbonyl (C=O) groups is 1. The van der Waals surface area contributed by atoms with Crippen LogP contribution in [0.2, 0.25) is 0 Å². The molecule has 1 aliphatic heterocycles. The summed E-state index contributed by atoms with van der Waals surface area (Å²) in [4.78, 5) is 19.5. The lowest BCUT2D eigenvalue weighted by molar-refractivity contribution is 0.0252. The van der Waals surface area contributed by atoms with E-state index < -0.39 is 5.60 Å². The Balaban J connectivity index is 1.04. The van der Waals surface area contributed by atoms with Crippen molar-refractivity contribution in [2.45, 2.75) is 96.3 Å². The van der Waals surface area contributed by atoms with Crippen molar-refractivity contribution < 1.29 is 14.3 Å². The molecule has 1 saturated carbocycles. The molecule has 1 aliphatic carbocycles. The number of rotatable bonds is 8. The number of imidazole rings is 1. The zero-order valence-corrected chi connectivity index (χ0v) is 26.3. The molecule has 0 N–H and O–H groups in total. The maximum atomic E-state index is 12.5. The van der Waals surface area contributed by atoms with E-state index in [1.54, 1.807) is 11.3 Å². The monoisotopic (exact) mass is 588 g/mol. The molecule has 6 rings (SSSR count). The molecule has 0 spiro atoms. The summed E-state index contributed by atoms with van der Waals surface area (Å²) in [6, 6.07) is 13.1. The summed E-state index contributed by atoms with van der Waals surface area (Å²) in [5.41, 5.74) is 4.59. The van der Waals surface area contributed by atoms with Crippen LogP contribution in [0.3, 0.4) is 0 Å². The number of ether oxygens (including phenoxy) is 2. The second kappa shape index (κ2) is 12.2. The highest BCUT2D eigenvalue weighted by Gasteiger charge is 2.27. The van der Waals surface area contributed by atoms with Crippen molar-refractivity contribution in [1.82, 2.24) is 19.0 Å². The number of benzene rings is 1. The normalized spacial score (nSPS) is 18.2. The zero-order valence-electron chi connectivity index (χ0n) is 25.5. The van der Waals surface area contributed by atoms with Gasteiger partial charge in [-0.2, -0.15) is 0 Å². The fourth-order valence-corrected chi connectivity index (χ4v) is 6.90. The third-order valence-corrected chi connectivity index (χ3v) is 9.48. The summed E-state index contributed by atoms with van der Waals surface area (Å²) in [5.74, 6) is 2.62. The lowest BCUT2D eigenvalue weighted by Crippen LogP contribution is -2.37. The molecule has 0 bridgehead atoms. The van der Waals surface area contributed by atoms with Crippen molar-refractivity contribution in [3.8, 4) is 17.3 Å². The number of aryl methyl sites for hydroxylation is 3. The quantitative estimate of drug-likeness (QED) is 0.208. The maximum Gasteiger partial charge on any atom is 0.410 e. The fraction of sp³-hybridized carbons (Fsp3) is 0.529. The van der Waals surface area contributed by atoms with Crippen molar-refractivity contribution in [2.24, 2.45) is 7.05 Å². The minimum Gasteiger partial charge on any atom is -0.490 e. The fourth-order valence-electron chi connectivity index (χ4n) is 6.05. The van der Waals surface area contributed by atoms with Crippen molar-refractivity contribution >= 4 is 27.6 Å². The van der Waals surface area contributed by atoms with E-state index in [0.29, 0.717) is 12.5 Å². The Labute approximate surface area is 253 Å². The first-order valence-electron chi connectivity index (χ1n) is 15.6. The molecule has 1 aromatic carbocycles. The van der Waals surface area contributed by atoms with Crippen molar-refractivity contribution in [3.63, 3.8) is 0 Å². The van der Waals surface area contributed by atoms with Gasteiger partial charge in [-0.3, -0.25) is 0 Å². The third kappa shape index (κ3) is 6.54. The van der Waals surface area contributed by atoms with Gasteiger partial charge in [0.05, 0.1) is 21.6 Å².